The van der Waals surface area contributed by atoms with Crippen molar-refractivity contribution < 1.29 is 0 Å². The Balaban J connectivity index is 0.000000605. The van der Waals surface area contributed by atoms with E-state index in [1.54, 1.807) is 0 Å². The number of hydrogen-bond donors (Lipinski definition) is 1. The summed E-state index contributed by atoms with van der Waals surface area (Å²) in [6.07, 6.45) is 1.19. The van der Waals surface area contributed by atoms with Gasteiger partial charge in [0.05, 0.1) is 0 Å². The molecule has 0 atom stereocenters. The Hall–Kier alpha value is -0.860. The van der Waals surface area contributed by atoms with Crippen LogP contribution in [0, 0.1) is 0 Å². The third kappa shape index (κ3) is 1.59. The molecule has 0 saturated heterocycles. The van der Waals surface area contributed by atoms with Gasteiger partial charge >= 0.3 is 0 Å². The summed E-state index contributed by atoms with van der Waals surface area (Å²) in [7, 11) is 0. The second-order valence-corrected chi connectivity index (χ2v) is 2.70. The zero-order valence-corrected chi connectivity index (χ0v) is 6.38. The van der Waals surface area contributed by atoms with Gasteiger partial charge in [0.25, 0.3) is 0 Å². The lowest BCUT2D eigenvalue weighted by Crippen LogP contribution is -2.23. The average molecular weight is 147 g/mol. The van der Waals surface area contributed by atoms with Crippen LogP contribution in [0.15, 0.2) is 24.3 Å². The van der Waals surface area contributed by atoms with Crippen molar-refractivity contribution >= 4 is 0 Å². The molecule has 1 heterocycles. The molecule has 3 radical (unpaired) electrons. The third-order valence-corrected chi connectivity index (χ3v) is 2.00. The SMILES string of the molecule is [N].c1ccc2c(c1)CCNC2. The Bertz CT molecular complexity index is 208. The molecule has 2 rings (SSSR count). The Labute approximate surface area is 67.2 Å². The van der Waals surface area contributed by atoms with Gasteiger partial charge in [-0.1, -0.05) is 24.3 Å². The largest absolute Gasteiger partial charge is 0.312 e. The molecule has 0 amide bonds. The van der Waals surface area contributed by atoms with Gasteiger partial charge in [-0.25, -0.2) is 0 Å². The molecule has 0 bridgehead atoms. The van der Waals surface area contributed by atoms with Crippen LogP contribution in [0.2, 0.25) is 0 Å². The Morgan fingerprint density at radius 2 is 1.82 bits per heavy atom. The number of fused-ring (bicyclic) bond motifs is 1. The lowest BCUT2D eigenvalue weighted by molar-refractivity contribution is 0.644. The van der Waals surface area contributed by atoms with Gasteiger partial charge in [-0.05, 0) is 24.1 Å². The van der Waals surface area contributed by atoms with Crippen LogP contribution in [0.25, 0.3) is 0 Å². The first kappa shape index (κ1) is 8.24. The predicted octanol–water partition coefficient (Wildman–Crippen LogP) is 0.852. The fraction of sp³-hybridized carbons (Fsp3) is 0.333. The Morgan fingerprint density at radius 1 is 1.09 bits per heavy atom. The van der Waals surface area contributed by atoms with E-state index in [0.29, 0.717) is 0 Å². The van der Waals surface area contributed by atoms with E-state index in [0.717, 1.165) is 13.1 Å². The molecule has 0 unspecified atom stereocenters. The van der Waals surface area contributed by atoms with Crippen molar-refractivity contribution in [2.45, 2.75) is 13.0 Å². The van der Waals surface area contributed by atoms with Crippen molar-refractivity contribution in [3.05, 3.63) is 35.4 Å². The molecule has 11 heavy (non-hydrogen) atoms. The summed E-state index contributed by atoms with van der Waals surface area (Å²) < 4.78 is 0. The van der Waals surface area contributed by atoms with E-state index in [1.165, 1.54) is 17.5 Å². The van der Waals surface area contributed by atoms with E-state index < -0.39 is 0 Å². The summed E-state index contributed by atoms with van der Waals surface area (Å²) in [6.45, 7) is 2.19. The molecule has 1 aromatic rings. The van der Waals surface area contributed by atoms with Crippen LogP contribution in [0.3, 0.4) is 0 Å². The average Bonchev–Trinajstić information content (AvgIpc) is 2.05. The van der Waals surface area contributed by atoms with Crippen LogP contribution >= 0.6 is 0 Å². The second kappa shape index (κ2) is 3.51. The lowest BCUT2D eigenvalue weighted by atomic mass is 10.0. The highest BCUT2D eigenvalue weighted by molar-refractivity contribution is 5.28. The number of hydrogen-bond acceptors (Lipinski definition) is 1. The van der Waals surface area contributed by atoms with Crippen LogP contribution in [0.5, 0.6) is 0 Å². The molecule has 0 spiro atoms. The van der Waals surface area contributed by atoms with Crippen molar-refractivity contribution in [2.75, 3.05) is 6.54 Å². The first-order chi connectivity index (χ1) is 4.97. The zero-order valence-electron chi connectivity index (χ0n) is 6.38. The van der Waals surface area contributed by atoms with E-state index in [4.69, 9.17) is 0 Å². The van der Waals surface area contributed by atoms with Gasteiger partial charge in [0, 0.05) is 12.7 Å². The summed E-state index contributed by atoms with van der Waals surface area (Å²) in [6, 6.07) is 8.63. The summed E-state index contributed by atoms with van der Waals surface area (Å²) >= 11 is 0. The highest BCUT2D eigenvalue weighted by Gasteiger charge is 2.05. The molecule has 0 aromatic heterocycles. The smallest absolute Gasteiger partial charge is 0.0208 e. The monoisotopic (exact) mass is 147 g/mol. The highest BCUT2D eigenvalue weighted by atomic mass is 14.9. The minimum absolute atomic E-state index is 0. The molecule has 0 fully saturated rings. The van der Waals surface area contributed by atoms with Crippen molar-refractivity contribution in [1.29, 1.82) is 0 Å². The quantitative estimate of drug-likeness (QED) is 0.581. The molecule has 2 nitrogen and oxygen atoms in total. The van der Waals surface area contributed by atoms with Crippen molar-refractivity contribution in [3.8, 4) is 0 Å². The minimum atomic E-state index is 0. The maximum Gasteiger partial charge on any atom is 0.0208 e. The summed E-state index contributed by atoms with van der Waals surface area (Å²) in [5, 5.41) is 3.34. The van der Waals surface area contributed by atoms with E-state index in [1.807, 2.05) is 0 Å². The van der Waals surface area contributed by atoms with Gasteiger partial charge in [-0.2, -0.15) is 0 Å². The molecule has 1 aliphatic rings. The standard InChI is InChI=1S/C9H11N.N/c1-2-4-9-7-10-6-5-8(9)3-1;/h1-4,10H,5-7H2;. The van der Waals surface area contributed by atoms with Crippen LogP contribution in [-0.2, 0) is 13.0 Å². The molecule has 0 aliphatic carbocycles. The Morgan fingerprint density at radius 3 is 2.55 bits per heavy atom. The first-order valence-electron chi connectivity index (χ1n) is 3.74. The van der Waals surface area contributed by atoms with Crippen LogP contribution in [-0.4, -0.2) is 6.54 Å². The van der Waals surface area contributed by atoms with E-state index in [9.17, 15) is 0 Å². The third-order valence-electron chi connectivity index (χ3n) is 2.00. The van der Waals surface area contributed by atoms with Crippen molar-refractivity contribution in [3.63, 3.8) is 0 Å². The fourth-order valence-electron chi connectivity index (χ4n) is 1.42. The zero-order chi connectivity index (χ0) is 6.81. The first-order valence-corrected chi connectivity index (χ1v) is 3.74. The topological polar surface area (TPSA) is 42.5 Å². The molecular weight excluding hydrogens is 136 g/mol. The molecular formula is C9H11N2. The number of rotatable bonds is 0. The lowest BCUT2D eigenvalue weighted by Gasteiger charge is -2.15. The molecule has 1 aromatic carbocycles. The molecule has 2 heteroatoms. The van der Waals surface area contributed by atoms with Crippen LogP contribution in [0.1, 0.15) is 11.1 Å². The van der Waals surface area contributed by atoms with Crippen LogP contribution < -0.4 is 11.5 Å². The van der Waals surface area contributed by atoms with E-state index >= 15 is 0 Å². The fourth-order valence-corrected chi connectivity index (χ4v) is 1.42. The normalized spacial score (nSPS) is 14.9. The number of nitrogens with zero attached hydrogens (tertiary/aromatic N) is 1. The minimum Gasteiger partial charge on any atom is -0.312 e. The molecule has 1 aliphatic heterocycles. The Kier molecular flexibility index (Phi) is 2.63. The van der Waals surface area contributed by atoms with Gasteiger partial charge in [0.2, 0.25) is 0 Å². The van der Waals surface area contributed by atoms with E-state index in [-0.39, 0.29) is 6.15 Å². The number of nitrogens with one attached hydrogen (secondary N) is 1. The second-order valence-electron chi connectivity index (χ2n) is 2.70. The predicted molar refractivity (Wildman–Crippen MR) is 44.0 cm³/mol. The van der Waals surface area contributed by atoms with Gasteiger partial charge in [0.15, 0.2) is 0 Å². The van der Waals surface area contributed by atoms with Crippen molar-refractivity contribution in [2.24, 2.45) is 0 Å². The number of benzene rings is 1. The van der Waals surface area contributed by atoms with Gasteiger partial charge in [-0.15, -0.1) is 0 Å². The maximum absolute atomic E-state index is 3.34. The van der Waals surface area contributed by atoms with Gasteiger partial charge < -0.3 is 5.32 Å². The van der Waals surface area contributed by atoms with Gasteiger partial charge in [0.1, 0.15) is 0 Å². The molecule has 1 N–H and O–H groups in total. The summed E-state index contributed by atoms with van der Waals surface area (Å²) in [5.74, 6) is 0. The molecule has 57 valence electrons. The van der Waals surface area contributed by atoms with Gasteiger partial charge in [-0.3, -0.25) is 0 Å². The van der Waals surface area contributed by atoms with E-state index in [2.05, 4.69) is 29.6 Å². The van der Waals surface area contributed by atoms with Crippen molar-refractivity contribution in [1.82, 2.24) is 11.5 Å². The maximum atomic E-state index is 3.34. The highest BCUT2D eigenvalue weighted by Crippen LogP contribution is 2.11. The summed E-state index contributed by atoms with van der Waals surface area (Å²) in [5.41, 5.74) is 2.98. The molecule has 0 saturated carbocycles. The van der Waals surface area contributed by atoms with Crippen LogP contribution in [0.4, 0.5) is 0 Å². The summed E-state index contributed by atoms with van der Waals surface area (Å²) in [4.78, 5) is 0.